The average molecular weight is 201 g/mol. The van der Waals surface area contributed by atoms with Crippen LogP contribution in [0.1, 0.15) is 15.4 Å². The normalized spacial score (nSPS) is 9.85. The number of hydrogen-bond donors (Lipinski definition) is 2. The molecular weight excluding hydrogens is 190 g/mol. The Bertz CT molecular complexity index is 322. The van der Waals surface area contributed by atoms with E-state index in [-0.39, 0.29) is 0 Å². The monoisotopic (exact) mass is 201 g/mol. The minimum atomic E-state index is -0.511. The number of nitrogens with one attached hydrogen (secondary N) is 1. The topological polar surface area (TPSA) is 65.5 Å². The van der Waals surface area contributed by atoms with Crippen LogP contribution in [-0.2, 0) is 0 Å². The Morgan fingerprint density at radius 1 is 1.62 bits per heavy atom. The molecule has 0 bridgehead atoms. The van der Waals surface area contributed by atoms with Crippen molar-refractivity contribution in [2.75, 3.05) is 19.0 Å². The Kier molecular flexibility index (Phi) is 2.84. The lowest BCUT2D eigenvalue weighted by molar-refractivity contribution is 0.0710. The molecule has 0 saturated carbocycles. The maximum Gasteiger partial charge on any atom is 0.286 e. The molecule has 0 saturated heterocycles. The number of amides is 1. The minimum absolute atomic E-state index is 0.436. The predicted octanol–water partition coefficient (Wildman–Crippen LogP) is 0.637. The van der Waals surface area contributed by atoms with E-state index in [0.29, 0.717) is 10.6 Å². The SMILES string of the molecule is Cc1nc(N(C)C)sc1C(=O)NO. The Morgan fingerprint density at radius 2 is 2.23 bits per heavy atom. The fourth-order valence-electron chi connectivity index (χ4n) is 0.835. The first kappa shape index (κ1) is 9.94. The molecule has 0 unspecified atom stereocenters. The highest BCUT2D eigenvalue weighted by molar-refractivity contribution is 7.17. The van der Waals surface area contributed by atoms with Crippen LogP contribution in [0.3, 0.4) is 0 Å². The molecule has 1 aromatic rings. The van der Waals surface area contributed by atoms with Gasteiger partial charge in [-0.15, -0.1) is 0 Å². The molecule has 0 aliphatic rings. The fraction of sp³-hybridized carbons (Fsp3) is 0.429. The third-order valence-corrected chi connectivity index (χ3v) is 2.80. The molecule has 1 aromatic heterocycles. The van der Waals surface area contributed by atoms with Gasteiger partial charge in [0.05, 0.1) is 5.69 Å². The van der Waals surface area contributed by atoms with Gasteiger partial charge in [-0.1, -0.05) is 11.3 Å². The van der Waals surface area contributed by atoms with Gasteiger partial charge in [-0.25, -0.2) is 10.5 Å². The molecule has 0 radical (unpaired) electrons. The van der Waals surface area contributed by atoms with E-state index in [0.717, 1.165) is 5.13 Å². The van der Waals surface area contributed by atoms with Gasteiger partial charge in [0, 0.05) is 14.1 Å². The standard InChI is InChI=1S/C7H11N3O2S/c1-4-5(6(11)9-12)13-7(8-4)10(2)3/h12H,1-3H3,(H,9,11). The molecule has 0 fully saturated rings. The summed E-state index contributed by atoms with van der Waals surface area (Å²) in [5.41, 5.74) is 2.21. The van der Waals surface area contributed by atoms with Crippen molar-refractivity contribution in [3.8, 4) is 0 Å². The zero-order valence-corrected chi connectivity index (χ0v) is 8.47. The Morgan fingerprint density at radius 3 is 2.62 bits per heavy atom. The molecule has 5 nitrogen and oxygen atoms in total. The zero-order valence-electron chi connectivity index (χ0n) is 7.66. The molecule has 0 aromatic carbocycles. The number of aromatic nitrogens is 1. The molecule has 1 amide bonds. The number of rotatable bonds is 2. The van der Waals surface area contributed by atoms with Gasteiger partial charge in [-0.2, -0.15) is 0 Å². The fourth-order valence-corrected chi connectivity index (χ4v) is 1.71. The van der Waals surface area contributed by atoms with Gasteiger partial charge in [-0.05, 0) is 6.92 Å². The van der Waals surface area contributed by atoms with E-state index in [1.54, 1.807) is 12.4 Å². The number of nitrogens with zero attached hydrogens (tertiary/aromatic N) is 2. The van der Waals surface area contributed by atoms with Crippen LogP contribution in [-0.4, -0.2) is 30.2 Å². The van der Waals surface area contributed by atoms with Gasteiger partial charge >= 0.3 is 0 Å². The number of hydroxylamine groups is 1. The van der Waals surface area contributed by atoms with Gasteiger partial charge in [0.2, 0.25) is 0 Å². The molecule has 1 heterocycles. The van der Waals surface area contributed by atoms with Crippen LogP contribution in [0, 0.1) is 6.92 Å². The Labute approximate surface area is 80.0 Å². The van der Waals surface area contributed by atoms with Crippen LogP contribution < -0.4 is 10.4 Å². The largest absolute Gasteiger partial charge is 0.354 e. The van der Waals surface area contributed by atoms with E-state index in [2.05, 4.69) is 4.98 Å². The average Bonchev–Trinajstić information content (AvgIpc) is 2.46. The Balaban J connectivity index is 3.03. The molecule has 2 N–H and O–H groups in total. The number of carbonyl (C=O) groups is 1. The lowest BCUT2D eigenvalue weighted by Gasteiger charge is -2.04. The van der Waals surface area contributed by atoms with E-state index in [1.165, 1.54) is 11.3 Å². The Hall–Kier alpha value is -1.14. The number of thiazole rings is 1. The van der Waals surface area contributed by atoms with Gasteiger partial charge in [0.15, 0.2) is 5.13 Å². The predicted molar refractivity (Wildman–Crippen MR) is 50.4 cm³/mol. The van der Waals surface area contributed by atoms with Crippen molar-refractivity contribution >= 4 is 22.4 Å². The first-order valence-corrected chi connectivity index (χ1v) is 4.47. The second kappa shape index (κ2) is 3.71. The number of hydrogen-bond acceptors (Lipinski definition) is 5. The summed E-state index contributed by atoms with van der Waals surface area (Å²) in [7, 11) is 3.69. The third kappa shape index (κ3) is 1.96. The summed E-state index contributed by atoms with van der Waals surface area (Å²) in [5.74, 6) is -0.511. The van der Waals surface area contributed by atoms with E-state index >= 15 is 0 Å². The second-order valence-corrected chi connectivity index (χ2v) is 3.72. The molecule has 0 aliphatic carbocycles. The quantitative estimate of drug-likeness (QED) is 0.544. The van der Waals surface area contributed by atoms with Crippen molar-refractivity contribution in [2.24, 2.45) is 0 Å². The van der Waals surface area contributed by atoms with Gasteiger partial charge in [0.1, 0.15) is 4.88 Å². The number of aryl methyl sites for hydroxylation is 1. The van der Waals surface area contributed by atoms with Gasteiger partial charge < -0.3 is 4.90 Å². The van der Waals surface area contributed by atoms with Crippen molar-refractivity contribution in [1.29, 1.82) is 0 Å². The van der Waals surface area contributed by atoms with Crippen LogP contribution in [0.5, 0.6) is 0 Å². The van der Waals surface area contributed by atoms with Gasteiger partial charge in [-0.3, -0.25) is 10.0 Å². The summed E-state index contributed by atoms with van der Waals surface area (Å²) in [6.45, 7) is 1.73. The first-order chi connectivity index (χ1) is 6.06. The molecular formula is C7H11N3O2S. The van der Waals surface area contributed by atoms with Crippen molar-refractivity contribution < 1.29 is 10.0 Å². The molecule has 13 heavy (non-hydrogen) atoms. The highest BCUT2D eigenvalue weighted by Crippen LogP contribution is 2.23. The molecule has 0 aliphatic heterocycles. The maximum absolute atomic E-state index is 11.1. The molecule has 0 atom stereocenters. The van der Waals surface area contributed by atoms with Crippen molar-refractivity contribution in [3.05, 3.63) is 10.6 Å². The lowest BCUT2D eigenvalue weighted by atomic mass is 10.4. The van der Waals surface area contributed by atoms with E-state index in [4.69, 9.17) is 5.21 Å². The maximum atomic E-state index is 11.1. The van der Waals surface area contributed by atoms with Crippen molar-refractivity contribution in [1.82, 2.24) is 10.5 Å². The second-order valence-electron chi connectivity index (χ2n) is 2.75. The third-order valence-electron chi connectivity index (χ3n) is 1.48. The van der Waals surface area contributed by atoms with Crippen molar-refractivity contribution in [3.63, 3.8) is 0 Å². The summed E-state index contributed by atoms with van der Waals surface area (Å²) < 4.78 is 0. The highest BCUT2D eigenvalue weighted by Gasteiger charge is 2.14. The summed E-state index contributed by atoms with van der Waals surface area (Å²) >= 11 is 1.24. The first-order valence-electron chi connectivity index (χ1n) is 3.65. The summed E-state index contributed by atoms with van der Waals surface area (Å²) in [4.78, 5) is 17.5. The van der Waals surface area contributed by atoms with E-state index in [1.807, 2.05) is 19.0 Å². The molecule has 1 rings (SSSR count). The minimum Gasteiger partial charge on any atom is -0.354 e. The highest BCUT2D eigenvalue weighted by atomic mass is 32.1. The molecule has 0 spiro atoms. The smallest absolute Gasteiger partial charge is 0.286 e. The van der Waals surface area contributed by atoms with E-state index in [9.17, 15) is 4.79 Å². The van der Waals surface area contributed by atoms with Crippen LogP contribution in [0.4, 0.5) is 5.13 Å². The summed E-state index contributed by atoms with van der Waals surface area (Å²) in [5, 5.41) is 9.17. The van der Waals surface area contributed by atoms with Crippen molar-refractivity contribution in [2.45, 2.75) is 6.92 Å². The molecule has 72 valence electrons. The van der Waals surface area contributed by atoms with E-state index < -0.39 is 5.91 Å². The summed E-state index contributed by atoms with van der Waals surface area (Å²) in [6.07, 6.45) is 0. The molecule has 6 heteroatoms. The summed E-state index contributed by atoms with van der Waals surface area (Å²) in [6, 6.07) is 0. The zero-order chi connectivity index (χ0) is 10.0. The van der Waals surface area contributed by atoms with Crippen LogP contribution in [0.25, 0.3) is 0 Å². The lowest BCUT2D eigenvalue weighted by Crippen LogP contribution is -2.18. The van der Waals surface area contributed by atoms with Crippen LogP contribution in [0.2, 0.25) is 0 Å². The number of carbonyl (C=O) groups excluding carboxylic acids is 1. The van der Waals surface area contributed by atoms with Crippen LogP contribution >= 0.6 is 11.3 Å². The number of anilines is 1. The van der Waals surface area contributed by atoms with Crippen LogP contribution in [0.15, 0.2) is 0 Å². The van der Waals surface area contributed by atoms with Gasteiger partial charge in [0.25, 0.3) is 5.91 Å².